The van der Waals surface area contributed by atoms with Crippen molar-refractivity contribution in [2.24, 2.45) is 0 Å². The number of carboxylic acids is 1. The molecule has 0 aliphatic rings. The molecule has 0 spiro atoms. The molecule has 1 atom stereocenters. The number of rotatable bonds is 7. The van der Waals surface area contributed by atoms with Gasteiger partial charge in [0, 0.05) is 31.4 Å². The predicted octanol–water partition coefficient (Wildman–Crippen LogP) is 0.520. The van der Waals surface area contributed by atoms with Crippen LogP contribution in [0.4, 0.5) is 4.79 Å². The average Bonchev–Trinajstić information content (AvgIpc) is 2.83. The van der Waals surface area contributed by atoms with Gasteiger partial charge in [0.1, 0.15) is 11.6 Å². The number of alkyl carbamates (subject to hydrolysis) is 1. The van der Waals surface area contributed by atoms with E-state index in [0.717, 1.165) is 5.69 Å². The van der Waals surface area contributed by atoms with Crippen LogP contribution in [0, 0.1) is 0 Å². The number of aromatic amines is 1. The number of carboxylic acid groups (broad SMARTS) is 1. The van der Waals surface area contributed by atoms with Gasteiger partial charge in [0.2, 0.25) is 0 Å². The van der Waals surface area contributed by atoms with Gasteiger partial charge < -0.3 is 25.5 Å². The maximum Gasteiger partial charge on any atom is 0.407 e. The fourth-order valence-electron chi connectivity index (χ4n) is 1.59. The Morgan fingerprint density at radius 2 is 2.14 bits per heavy atom. The Labute approximate surface area is 123 Å². The van der Waals surface area contributed by atoms with Crippen LogP contribution in [0.15, 0.2) is 12.5 Å². The first-order valence-electron chi connectivity index (χ1n) is 6.68. The lowest BCUT2D eigenvalue weighted by Gasteiger charge is -2.20. The molecule has 0 saturated heterocycles. The number of hydrogen-bond donors (Lipinski definition) is 4. The number of amides is 1. The fraction of sp³-hybridized carbons (Fsp3) is 0.615. The number of carbonyl (C=O) groups is 2. The lowest BCUT2D eigenvalue weighted by Crippen LogP contribution is -2.43. The Morgan fingerprint density at radius 1 is 1.43 bits per heavy atom. The summed E-state index contributed by atoms with van der Waals surface area (Å²) in [6, 6.07) is -0.745. The molecule has 8 heteroatoms. The van der Waals surface area contributed by atoms with E-state index < -0.39 is 23.7 Å². The highest BCUT2D eigenvalue weighted by atomic mass is 16.6. The molecule has 0 radical (unpaired) electrons. The Bertz CT molecular complexity index is 453. The van der Waals surface area contributed by atoms with Crippen LogP contribution in [0.3, 0.4) is 0 Å². The number of nitrogens with zero attached hydrogens (tertiary/aromatic N) is 1. The molecule has 8 nitrogen and oxygen atoms in total. The van der Waals surface area contributed by atoms with Crippen molar-refractivity contribution in [1.29, 1.82) is 0 Å². The van der Waals surface area contributed by atoms with Crippen LogP contribution in [0.2, 0.25) is 0 Å². The second-order valence-electron chi connectivity index (χ2n) is 5.55. The van der Waals surface area contributed by atoms with Crippen molar-refractivity contribution in [1.82, 2.24) is 20.6 Å². The Balaban J connectivity index is 2.28. The highest BCUT2D eigenvalue weighted by Crippen LogP contribution is 2.06. The molecular formula is C13H22N4O4. The molecule has 1 aromatic heterocycles. The van der Waals surface area contributed by atoms with Gasteiger partial charge in [-0.25, -0.2) is 9.78 Å². The van der Waals surface area contributed by atoms with Crippen LogP contribution in [-0.2, 0) is 16.0 Å². The second-order valence-corrected chi connectivity index (χ2v) is 5.55. The zero-order chi connectivity index (χ0) is 15.9. The highest BCUT2D eigenvalue weighted by Gasteiger charge is 2.18. The quantitative estimate of drug-likeness (QED) is 0.545. The van der Waals surface area contributed by atoms with Crippen LogP contribution in [0.1, 0.15) is 26.5 Å². The number of aromatic nitrogens is 2. The minimum Gasteiger partial charge on any atom is -0.480 e. The van der Waals surface area contributed by atoms with E-state index in [1.54, 1.807) is 27.0 Å². The molecule has 1 amide bonds. The van der Waals surface area contributed by atoms with E-state index in [9.17, 15) is 9.59 Å². The van der Waals surface area contributed by atoms with E-state index in [2.05, 4.69) is 20.6 Å². The molecule has 0 saturated carbocycles. The molecule has 21 heavy (non-hydrogen) atoms. The fourth-order valence-corrected chi connectivity index (χ4v) is 1.59. The molecular weight excluding hydrogens is 276 g/mol. The van der Waals surface area contributed by atoms with Crippen molar-refractivity contribution in [2.45, 2.75) is 38.8 Å². The summed E-state index contributed by atoms with van der Waals surface area (Å²) in [5.74, 6) is -0.957. The molecule has 1 rings (SSSR count). The largest absolute Gasteiger partial charge is 0.480 e. The van der Waals surface area contributed by atoms with Crippen molar-refractivity contribution >= 4 is 12.1 Å². The summed E-state index contributed by atoms with van der Waals surface area (Å²) >= 11 is 0. The van der Waals surface area contributed by atoms with Crippen LogP contribution in [-0.4, -0.2) is 51.9 Å². The topological polar surface area (TPSA) is 116 Å². The SMILES string of the molecule is CC(C)(C)OC(=O)NCCN[C@@H](Cc1cnc[nH]1)C(=O)O. The third-order valence-corrected chi connectivity index (χ3v) is 2.46. The molecule has 0 unspecified atom stereocenters. The van der Waals surface area contributed by atoms with Gasteiger partial charge >= 0.3 is 12.1 Å². The number of nitrogens with one attached hydrogen (secondary N) is 3. The van der Waals surface area contributed by atoms with Crippen LogP contribution in [0.5, 0.6) is 0 Å². The van der Waals surface area contributed by atoms with E-state index in [4.69, 9.17) is 9.84 Å². The second kappa shape index (κ2) is 7.63. The third-order valence-electron chi connectivity index (χ3n) is 2.46. The van der Waals surface area contributed by atoms with Crippen molar-refractivity contribution in [3.63, 3.8) is 0 Å². The lowest BCUT2D eigenvalue weighted by atomic mass is 10.1. The maximum atomic E-state index is 11.4. The number of hydrogen-bond acceptors (Lipinski definition) is 5. The summed E-state index contributed by atoms with van der Waals surface area (Å²) in [6.07, 6.45) is 2.85. The van der Waals surface area contributed by atoms with Crippen molar-refractivity contribution in [3.05, 3.63) is 18.2 Å². The normalized spacial score (nSPS) is 12.7. The number of ether oxygens (including phenoxy) is 1. The standard InChI is InChI=1S/C13H22N4O4/c1-13(2,3)21-12(20)16-5-4-15-10(11(18)19)6-9-7-14-8-17-9/h7-8,10,15H,4-6H2,1-3H3,(H,14,17)(H,16,20)(H,18,19)/t10-/m0/s1. The zero-order valence-electron chi connectivity index (χ0n) is 12.5. The van der Waals surface area contributed by atoms with E-state index in [0.29, 0.717) is 13.0 Å². The van der Waals surface area contributed by atoms with E-state index >= 15 is 0 Å². The molecule has 0 bridgehead atoms. The van der Waals surface area contributed by atoms with Crippen LogP contribution < -0.4 is 10.6 Å². The number of H-pyrrole nitrogens is 1. The van der Waals surface area contributed by atoms with Gasteiger partial charge in [-0.05, 0) is 20.8 Å². The third kappa shape index (κ3) is 7.31. The van der Waals surface area contributed by atoms with Crippen molar-refractivity contribution < 1.29 is 19.4 Å². The lowest BCUT2D eigenvalue weighted by molar-refractivity contribution is -0.139. The first kappa shape index (κ1) is 17.0. The summed E-state index contributed by atoms with van der Waals surface area (Å²) < 4.78 is 5.07. The molecule has 0 aliphatic carbocycles. The van der Waals surface area contributed by atoms with E-state index in [-0.39, 0.29) is 6.54 Å². The Hall–Kier alpha value is -2.09. The summed E-state index contributed by atoms with van der Waals surface area (Å²) in [5, 5.41) is 14.5. The summed E-state index contributed by atoms with van der Waals surface area (Å²) in [7, 11) is 0. The molecule has 118 valence electrons. The molecule has 1 aromatic rings. The predicted molar refractivity (Wildman–Crippen MR) is 76.0 cm³/mol. The molecule has 4 N–H and O–H groups in total. The van der Waals surface area contributed by atoms with Crippen molar-refractivity contribution in [3.8, 4) is 0 Å². The van der Waals surface area contributed by atoms with Gasteiger partial charge in [-0.1, -0.05) is 0 Å². The summed E-state index contributed by atoms with van der Waals surface area (Å²) in [5.41, 5.74) is 0.178. The first-order valence-corrected chi connectivity index (χ1v) is 6.68. The van der Waals surface area contributed by atoms with Gasteiger partial charge in [0.05, 0.1) is 6.33 Å². The van der Waals surface area contributed by atoms with Gasteiger partial charge in [0.15, 0.2) is 0 Å². The molecule has 0 aliphatic heterocycles. The number of aliphatic carboxylic acids is 1. The smallest absolute Gasteiger partial charge is 0.407 e. The molecule has 0 aromatic carbocycles. The molecule has 1 heterocycles. The first-order chi connectivity index (χ1) is 9.78. The number of carbonyl (C=O) groups excluding carboxylic acids is 1. The highest BCUT2D eigenvalue weighted by molar-refractivity contribution is 5.73. The summed E-state index contributed by atoms with van der Waals surface area (Å²) in [6.45, 7) is 5.92. The van der Waals surface area contributed by atoms with Crippen LogP contribution in [0.25, 0.3) is 0 Å². The Morgan fingerprint density at radius 3 is 2.67 bits per heavy atom. The maximum absolute atomic E-state index is 11.4. The van der Waals surface area contributed by atoms with Gasteiger partial charge in [-0.3, -0.25) is 4.79 Å². The summed E-state index contributed by atoms with van der Waals surface area (Å²) in [4.78, 5) is 29.2. The average molecular weight is 298 g/mol. The van der Waals surface area contributed by atoms with Gasteiger partial charge in [-0.2, -0.15) is 0 Å². The minimum atomic E-state index is -0.957. The van der Waals surface area contributed by atoms with E-state index in [1.807, 2.05) is 0 Å². The monoisotopic (exact) mass is 298 g/mol. The zero-order valence-corrected chi connectivity index (χ0v) is 12.5. The van der Waals surface area contributed by atoms with Crippen molar-refractivity contribution in [2.75, 3.05) is 13.1 Å². The number of imidazole rings is 1. The minimum absolute atomic E-state index is 0.279. The Kier molecular flexibility index (Phi) is 6.16. The van der Waals surface area contributed by atoms with E-state index in [1.165, 1.54) is 6.33 Å². The van der Waals surface area contributed by atoms with Crippen LogP contribution >= 0.6 is 0 Å². The molecule has 0 fully saturated rings. The van der Waals surface area contributed by atoms with Gasteiger partial charge in [0.25, 0.3) is 0 Å². The van der Waals surface area contributed by atoms with Gasteiger partial charge in [-0.15, -0.1) is 0 Å².